The first-order valence-electron chi connectivity index (χ1n) is 2.74. The van der Waals surface area contributed by atoms with Crippen molar-refractivity contribution in [3.63, 3.8) is 0 Å². The molecule has 0 heterocycles. The second-order valence-corrected chi connectivity index (χ2v) is 1.66. The van der Waals surface area contributed by atoms with Gasteiger partial charge in [0.25, 0.3) is 0 Å². The van der Waals surface area contributed by atoms with Crippen LogP contribution in [0.15, 0.2) is 0 Å². The molecule has 0 aliphatic carbocycles. The third-order valence-corrected chi connectivity index (χ3v) is 0.822. The van der Waals surface area contributed by atoms with Crippen LogP contribution in [0.25, 0.3) is 0 Å². The Bertz CT molecular complexity index is 60.2. The Morgan fingerprint density at radius 1 is 1.56 bits per heavy atom. The maximum Gasteiger partial charge on any atom is 0.0920 e. The van der Waals surface area contributed by atoms with E-state index in [9.17, 15) is 0 Å². The van der Waals surface area contributed by atoms with E-state index in [-0.39, 0.29) is 0 Å². The molecular formula is C5H13NO3. The molecule has 56 valence electrons. The van der Waals surface area contributed by atoms with Crippen molar-refractivity contribution in [3.8, 4) is 0 Å². The van der Waals surface area contributed by atoms with Gasteiger partial charge in [0.15, 0.2) is 0 Å². The van der Waals surface area contributed by atoms with E-state index in [1.165, 1.54) is 14.2 Å². The van der Waals surface area contributed by atoms with Gasteiger partial charge in [-0.15, -0.1) is 0 Å². The van der Waals surface area contributed by atoms with Gasteiger partial charge >= 0.3 is 0 Å². The van der Waals surface area contributed by atoms with Crippen LogP contribution >= 0.6 is 0 Å². The predicted molar refractivity (Wildman–Crippen MR) is 32.9 cm³/mol. The van der Waals surface area contributed by atoms with E-state index in [1.54, 1.807) is 0 Å². The van der Waals surface area contributed by atoms with E-state index in [4.69, 9.17) is 5.11 Å². The summed E-state index contributed by atoms with van der Waals surface area (Å²) in [5.41, 5.74) is 2.50. The van der Waals surface area contributed by atoms with Crippen LogP contribution in [-0.4, -0.2) is 38.6 Å². The molecule has 2 N–H and O–H groups in total. The molecule has 1 unspecified atom stereocenters. The predicted octanol–water partition coefficient (Wildman–Crippen LogP) is -0.855. The van der Waals surface area contributed by atoms with E-state index < -0.39 is 6.10 Å². The van der Waals surface area contributed by atoms with Crippen molar-refractivity contribution >= 4 is 0 Å². The van der Waals surface area contributed by atoms with Gasteiger partial charge in [0.05, 0.1) is 19.8 Å². The molecule has 0 saturated heterocycles. The lowest BCUT2D eigenvalue weighted by molar-refractivity contribution is 0.0157. The van der Waals surface area contributed by atoms with Crippen molar-refractivity contribution in [2.75, 3.05) is 27.4 Å². The standard InChI is InChI=1S/C5H13NO3/c1-8-4-5(7)3-6-9-2/h5-7H,3-4H2,1-2H3. The van der Waals surface area contributed by atoms with Gasteiger partial charge in [0, 0.05) is 13.7 Å². The fourth-order valence-electron chi connectivity index (χ4n) is 0.431. The number of rotatable bonds is 5. The summed E-state index contributed by atoms with van der Waals surface area (Å²) in [5, 5.41) is 8.91. The summed E-state index contributed by atoms with van der Waals surface area (Å²) >= 11 is 0. The highest BCUT2D eigenvalue weighted by atomic mass is 16.6. The van der Waals surface area contributed by atoms with E-state index >= 15 is 0 Å². The molecule has 0 aliphatic rings. The van der Waals surface area contributed by atoms with Crippen LogP contribution < -0.4 is 5.48 Å². The molecule has 0 aromatic rings. The molecule has 0 amide bonds. The molecule has 0 aromatic heterocycles. The van der Waals surface area contributed by atoms with Gasteiger partial charge in [-0.2, -0.15) is 0 Å². The molecule has 0 aromatic carbocycles. The van der Waals surface area contributed by atoms with Gasteiger partial charge in [-0.3, -0.25) is 0 Å². The maximum atomic E-state index is 8.91. The second kappa shape index (κ2) is 5.97. The van der Waals surface area contributed by atoms with Crippen molar-refractivity contribution in [2.24, 2.45) is 0 Å². The second-order valence-electron chi connectivity index (χ2n) is 1.66. The molecule has 0 aliphatic heterocycles. The SMILES string of the molecule is COCC(O)CNOC. The first-order chi connectivity index (χ1) is 4.31. The molecule has 0 fully saturated rings. The first-order valence-corrected chi connectivity index (χ1v) is 2.74. The Labute approximate surface area is 54.7 Å². The Morgan fingerprint density at radius 2 is 2.22 bits per heavy atom. The average Bonchev–Trinajstić information content (AvgIpc) is 1.85. The molecular weight excluding hydrogens is 122 g/mol. The molecule has 0 rings (SSSR count). The number of ether oxygens (including phenoxy) is 1. The van der Waals surface area contributed by atoms with Crippen LogP contribution in [0.1, 0.15) is 0 Å². The summed E-state index contributed by atoms with van der Waals surface area (Å²) < 4.78 is 4.66. The van der Waals surface area contributed by atoms with Gasteiger partial charge in [0.2, 0.25) is 0 Å². The van der Waals surface area contributed by atoms with E-state index in [0.717, 1.165) is 0 Å². The minimum Gasteiger partial charge on any atom is -0.389 e. The summed E-state index contributed by atoms with van der Waals surface area (Å²) in [6, 6.07) is 0. The van der Waals surface area contributed by atoms with Gasteiger partial charge < -0.3 is 14.7 Å². The first kappa shape index (κ1) is 8.84. The normalized spacial score (nSPS) is 13.7. The zero-order valence-electron chi connectivity index (χ0n) is 5.76. The topological polar surface area (TPSA) is 50.7 Å². The molecule has 0 spiro atoms. The van der Waals surface area contributed by atoms with Gasteiger partial charge in [0.1, 0.15) is 0 Å². The molecule has 9 heavy (non-hydrogen) atoms. The highest BCUT2D eigenvalue weighted by Gasteiger charge is 1.99. The Hall–Kier alpha value is -0.160. The Balaban J connectivity index is 2.95. The van der Waals surface area contributed by atoms with E-state index in [0.29, 0.717) is 13.2 Å². The number of aliphatic hydroxyl groups is 1. The van der Waals surface area contributed by atoms with Crippen LogP contribution in [0.4, 0.5) is 0 Å². The number of aliphatic hydroxyl groups excluding tert-OH is 1. The summed E-state index contributed by atoms with van der Waals surface area (Å²) in [4.78, 5) is 4.49. The van der Waals surface area contributed by atoms with Crippen LogP contribution in [-0.2, 0) is 9.57 Å². The number of hydroxylamine groups is 1. The lowest BCUT2D eigenvalue weighted by atomic mass is 10.4. The van der Waals surface area contributed by atoms with Crippen LogP contribution in [0, 0.1) is 0 Å². The third-order valence-electron chi connectivity index (χ3n) is 0.822. The van der Waals surface area contributed by atoms with Crippen molar-refractivity contribution in [1.29, 1.82) is 0 Å². The van der Waals surface area contributed by atoms with E-state index in [1.807, 2.05) is 0 Å². The van der Waals surface area contributed by atoms with Crippen LogP contribution in [0.5, 0.6) is 0 Å². The minimum absolute atomic E-state index is 0.330. The smallest absolute Gasteiger partial charge is 0.0920 e. The average molecular weight is 135 g/mol. The van der Waals surface area contributed by atoms with Crippen molar-refractivity contribution in [3.05, 3.63) is 0 Å². The largest absolute Gasteiger partial charge is 0.389 e. The lowest BCUT2D eigenvalue weighted by Gasteiger charge is -2.07. The number of hydrogen-bond acceptors (Lipinski definition) is 4. The highest BCUT2D eigenvalue weighted by Crippen LogP contribution is 1.79. The number of methoxy groups -OCH3 is 1. The summed E-state index contributed by atoms with van der Waals surface area (Å²) in [6.07, 6.45) is -0.491. The van der Waals surface area contributed by atoms with Crippen molar-refractivity contribution < 1.29 is 14.7 Å². The highest BCUT2D eigenvalue weighted by molar-refractivity contribution is 4.51. The number of nitrogens with one attached hydrogen (secondary N) is 1. The van der Waals surface area contributed by atoms with Crippen molar-refractivity contribution in [1.82, 2.24) is 5.48 Å². The number of hydrogen-bond donors (Lipinski definition) is 2. The van der Waals surface area contributed by atoms with Gasteiger partial charge in [-0.25, -0.2) is 5.48 Å². The fourth-order valence-corrected chi connectivity index (χ4v) is 0.431. The zero-order chi connectivity index (χ0) is 7.11. The van der Waals surface area contributed by atoms with E-state index in [2.05, 4.69) is 15.1 Å². The fraction of sp³-hybridized carbons (Fsp3) is 1.00. The Morgan fingerprint density at radius 3 is 2.67 bits per heavy atom. The van der Waals surface area contributed by atoms with Gasteiger partial charge in [-0.1, -0.05) is 0 Å². The molecule has 0 radical (unpaired) electrons. The monoisotopic (exact) mass is 135 g/mol. The van der Waals surface area contributed by atoms with Crippen molar-refractivity contribution in [2.45, 2.75) is 6.10 Å². The maximum absolute atomic E-state index is 8.91. The lowest BCUT2D eigenvalue weighted by Crippen LogP contribution is -2.29. The molecule has 4 heteroatoms. The quantitative estimate of drug-likeness (QED) is 0.482. The van der Waals surface area contributed by atoms with Crippen LogP contribution in [0.2, 0.25) is 0 Å². The molecule has 4 nitrogen and oxygen atoms in total. The summed E-state index contributed by atoms with van der Waals surface area (Å²) in [5.74, 6) is 0. The third kappa shape index (κ3) is 5.72. The zero-order valence-corrected chi connectivity index (χ0v) is 5.76. The summed E-state index contributed by atoms with van der Waals surface area (Å²) in [6.45, 7) is 0.723. The minimum atomic E-state index is -0.491. The van der Waals surface area contributed by atoms with Crippen LogP contribution in [0.3, 0.4) is 0 Å². The van der Waals surface area contributed by atoms with Gasteiger partial charge in [-0.05, 0) is 0 Å². The molecule has 1 atom stereocenters. The molecule has 0 saturated carbocycles. The Kier molecular flexibility index (Phi) is 5.86. The molecule has 0 bridgehead atoms. The summed E-state index contributed by atoms with van der Waals surface area (Å²) in [7, 11) is 3.04.